The number of rotatable bonds is 3. The molecule has 3 rings (SSSR count). The smallest absolute Gasteiger partial charge is 0.267 e. The Morgan fingerprint density at radius 1 is 1.17 bits per heavy atom. The summed E-state index contributed by atoms with van der Waals surface area (Å²) in [4.78, 5) is 11.8. The van der Waals surface area contributed by atoms with Gasteiger partial charge in [0.25, 0.3) is 5.56 Å². The molecular weight excluding hydrogens is 226 g/mol. The van der Waals surface area contributed by atoms with E-state index < -0.39 is 0 Å². The Morgan fingerprint density at radius 2 is 1.89 bits per heavy atom. The summed E-state index contributed by atoms with van der Waals surface area (Å²) in [6.45, 7) is 0.490. The highest BCUT2D eigenvalue weighted by atomic mass is 16.1. The van der Waals surface area contributed by atoms with Crippen LogP contribution in [0.25, 0.3) is 0 Å². The summed E-state index contributed by atoms with van der Waals surface area (Å²) >= 11 is 0. The first-order valence-electron chi connectivity index (χ1n) is 6.09. The molecule has 0 saturated heterocycles. The first-order valence-corrected chi connectivity index (χ1v) is 6.09. The zero-order valence-electron chi connectivity index (χ0n) is 10.0. The fraction of sp³-hybridized carbons (Fsp3) is 0.286. The Hall–Kier alpha value is -1.94. The molecule has 0 spiro atoms. The first kappa shape index (κ1) is 11.2. The van der Waals surface area contributed by atoms with Gasteiger partial charge in [0.15, 0.2) is 0 Å². The van der Waals surface area contributed by atoms with Crippen LogP contribution in [0.1, 0.15) is 24.1 Å². The second kappa shape index (κ2) is 4.07. The van der Waals surface area contributed by atoms with Gasteiger partial charge in [-0.1, -0.05) is 30.3 Å². The minimum atomic E-state index is -0.299. The van der Waals surface area contributed by atoms with E-state index in [1.165, 1.54) is 4.68 Å². The van der Waals surface area contributed by atoms with Crippen LogP contribution in [0.3, 0.4) is 0 Å². The van der Waals surface area contributed by atoms with E-state index in [9.17, 15) is 4.79 Å². The second-order valence-corrected chi connectivity index (χ2v) is 4.86. The van der Waals surface area contributed by atoms with Gasteiger partial charge in [0, 0.05) is 6.07 Å². The van der Waals surface area contributed by atoms with Crippen molar-refractivity contribution in [1.82, 2.24) is 9.78 Å². The molecule has 2 aromatic rings. The van der Waals surface area contributed by atoms with Crippen molar-refractivity contribution in [2.24, 2.45) is 5.73 Å². The number of benzene rings is 1. The number of hydrogen-bond acceptors (Lipinski definition) is 3. The van der Waals surface area contributed by atoms with E-state index in [1.807, 2.05) is 30.3 Å². The van der Waals surface area contributed by atoms with Crippen LogP contribution in [0.5, 0.6) is 0 Å². The molecule has 1 saturated carbocycles. The maximum atomic E-state index is 11.8. The summed E-state index contributed by atoms with van der Waals surface area (Å²) < 4.78 is 1.48. The summed E-state index contributed by atoms with van der Waals surface area (Å²) in [5.41, 5.74) is 7.59. The van der Waals surface area contributed by atoms with Crippen molar-refractivity contribution in [2.75, 3.05) is 0 Å². The van der Waals surface area contributed by atoms with Crippen LogP contribution in [0, 0.1) is 0 Å². The van der Waals surface area contributed by atoms with E-state index in [2.05, 4.69) is 5.10 Å². The van der Waals surface area contributed by atoms with Crippen molar-refractivity contribution in [2.45, 2.75) is 24.9 Å². The molecule has 92 valence electrons. The maximum Gasteiger partial charge on any atom is 0.267 e. The number of nitrogens with zero attached hydrogens (tertiary/aromatic N) is 2. The Morgan fingerprint density at radius 3 is 2.56 bits per heavy atom. The molecule has 4 nitrogen and oxygen atoms in total. The third-order valence-electron chi connectivity index (χ3n) is 3.34. The number of aromatic nitrogens is 2. The molecule has 1 aromatic carbocycles. The van der Waals surface area contributed by atoms with Crippen LogP contribution in [0.4, 0.5) is 0 Å². The lowest BCUT2D eigenvalue weighted by molar-refractivity contribution is 0.580. The molecule has 1 fully saturated rings. The molecule has 1 aliphatic carbocycles. The lowest BCUT2D eigenvalue weighted by atomic mass is 10.2. The van der Waals surface area contributed by atoms with Gasteiger partial charge >= 0.3 is 0 Å². The van der Waals surface area contributed by atoms with E-state index in [-0.39, 0.29) is 11.1 Å². The molecule has 1 heterocycles. The number of hydrogen-bond donors (Lipinski definition) is 1. The van der Waals surface area contributed by atoms with Crippen molar-refractivity contribution >= 4 is 0 Å². The zero-order chi connectivity index (χ0) is 12.6. The molecule has 0 radical (unpaired) electrons. The summed E-state index contributed by atoms with van der Waals surface area (Å²) in [5.74, 6) is 0. The average Bonchev–Trinajstić information content (AvgIpc) is 3.13. The van der Waals surface area contributed by atoms with E-state index in [0.29, 0.717) is 6.54 Å². The predicted molar refractivity (Wildman–Crippen MR) is 69.1 cm³/mol. The quantitative estimate of drug-likeness (QED) is 0.879. The van der Waals surface area contributed by atoms with E-state index >= 15 is 0 Å². The molecule has 0 bridgehead atoms. The van der Waals surface area contributed by atoms with Gasteiger partial charge in [-0.2, -0.15) is 5.10 Å². The van der Waals surface area contributed by atoms with Crippen molar-refractivity contribution in [1.29, 1.82) is 0 Å². The Balaban J connectivity index is 1.94. The van der Waals surface area contributed by atoms with Crippen LogP contribution in [0.15, 0.2) is 47.3 Å². The highest BCUT2D eigenvalue weighted by Gasteiger charge is 2.41. The van der Waals surface area contributed by atoms with Crippen molar-refractivity contribution in [3.05, 3.63) is 64.1 Å². The summed E-state index contributed by atoms with van der Waals surface area (Å²) in [7, 11) is 0. The van der Waals surface area contributed by atoms with Crippen LogP contribution in [-0.4, -0.2) is 9.78 Å². The molecular formula is C14H15N3O. The predicted octanol–water partition coefficient (Wildman–Crippen LogP) is 1.24. The summed E-state index contributed by atoms with van der Waals surface area (Å²) in [6, 6.07) is 13.1. The van der Waals surface area contributed by atoms with Crippen molar-refractivity contribution < 1.29 is 0 Å². The monoisotopic (exact) mass is 241 g/mol. The Labute approximate surface area is 105 Å². The Bertz CT molecular complexity index is 614. The fourth-order valence-electron chi connectivity index (χ4n) is 1.97. The second-order valence-electron chi connectivity index (χ2n) is 4.86. The van der Waals surface area contributed by atoms with Gasteiger partial charge in [-0.3, -0.25) is 4.79 Å². The molecule has 0 atom stereocenters. The van der Waals surface area contributed by atoms with Crippen LogP contribution in [-0.2, 0) is 12.1 Å². The van der Waals surface area contributed by atoms with Crippen LogP contribution < -0.4 is 11.3 Å². The lowest BCUT2D eigenvalue weighted by Crippen LogP contribution is -2.29. The standard InChI is InChI=1S/C14H15N3O/c15-14(8-9-14)12-6-7-13(18)17(16-12)10-11-4-2-1-3-5-11/h1-7H,8-10,15H2. The molecule has 0 unspecified atom stereocenters. The molecule has 1 aromatic heterocycles. The third kappa shape index (κ3) is 2.07. The fourth-order valence-corrected chi connectivity index (χ4v) is 1.97. The van der Waals surface area contributed by atoms with E-state index in [0.717, 1.165) is 24.1 Å². The first-order chi connectivity index (χ1) is 8.67. The topological polar surface area (TPSA) is 60.9 Å². The normalized spacial score (nSPS) is 16.5. The average molecular weight is 241 g/mol. The van der Waals surface area contributed by atoms with Gasteiger partial charge < -0.3 is 5.73 Å². The van der Waals surface area contributed by atoms with E-state index in [4.69, 9.17) is 5.73 Å². The van der Waals surface area contributed by atoms with Crippen LogP contribution in [0.2, 0.25) is 0 Å². The minimum absolute atomic E-state index is 0.0909. The highest BCUT2D eigenvalue weighted by molar-refractivity contribution is 5.21. The molecule has 1 aliphatic rings. The van der Waals surface area contributed by atoms with Gasteiger partial charge in [-0.05, 0) is 24.5 Å². The minimum Gasteiger partial charge on any atom is -0.320 e. The maximum absolute atomic E-state index is 11.8. The highest BCUT2D eigenvalue weighted by Crippen LogP contribution is 2.41. The van der Waals surface area contributed by atoms with Crippen molar-refractivity contribution in [3.8, 4) is 0 Å². The van der Waals surface area contributed by atoms with Crippen LogP contribution >= 0.6 is 0 Å². The SMILES string of the molecule is NC1(c2ccc(=O)n(Cc3ccccc3)n2)CC1. The largest absolute Gasteiger partial charge is 0.320 e. The summed E-state index contributed by atoms with van der Waals surface area (Å²) in [6.07, 6.45) is 1.90. The number of nitrogens with two attached hydrogens (primary N) is 1. The van der Waals surface area contributed by atoms with Gasteiger partial charge in [0.2, 0.25) is 0 Å². The molecule has 0 amide bonds. The molecule has 2 N–H and O–H groups in total. The van der Waals surface area contributed by atoms with E-state index in [1.54, 1.807) is 12.1 Å². The Kier molecular flexibility index (Phi) is 2.52. The van der Waals surface area contributed by atoms with Gasteiger partial charge in [-0.25, -0.2) is 4.68 Å². The van der Waals surface area contributed by atoms with Gasteiger partial charge in [0.1, 0.15) is 0 Å². The van der Waals surface area contributed by atoms with Gasteiger partial charge in [-0.15, -0.1) is 0 Å². The third-order valence-corrected chi connectivity index (χ3v) is 3.34. The zero-order valence-corrected chi connectivity index (χ0v) is 10.0. The van der Waals surface area contributed by atoms with Gasteiger partial charge in [0.05, 0.1) is 17.8 Å². The van der Waals surface area contributed by atoms with Crippen molar-refractivity contribution in [3.63, 3.8) is 0 Å². The lowest BCUT2D eigenvalue weighted by Gasteiger charge is -2.11. The molecule has 4 heteroatoms. The molecule has 18 heavy (non-hydrogen) atoms. The molecule has 0 aliphatic heterocycles. The summed E-state index contributed by atoms with van der Waals surface area (Å²) in [5, 5.41) is 4.38.